The largest absolute Gasteiger partial charge is 0.293 e. The third-order valence-electron chi connectivity index (χ3n) is 0.670. The molecule has 0 aromatic carbocycles. The van der Waals surface area contributed by atoms with Gasteiger partial charge < -0.3 is 0 Å². The lowest BCUT2D eigenvalue weighted by Crippen LogP contribution is -2.00. The molecule has 0 spiro atoms. The molecule has 0 aromatic rings. The van der Waals surface area contributed by atoms with E-state index in [-0.39, 0.29) is 12.3 Å². The van der Waals surface area contributed by atoms with Crippen molar-refractivity contribution < 1.29 is 4.79 Å². The van der Waals surface area contributed by atoms with Crippen LogP contribution in [0.1, 0.15) is 0 Å². The lowest BCUT2D eigenvalue weighted by Gasteiger charge is -1.88. The summed E-state index contributed by atoms with van der Waals surface area (Å²) in [6.07, 6.45) is 5.52. The predicted octanol–water partition coefficient (Wildman–Crippen LogP) is 0.0731. The van der Waals surface area contributed by atoms with Crippen LogP contribution in [0.3, 0.4) is 0 Å². The maximum Gasteiger partial charge on any atom is 0.177 e. The van der Waals surface area contributed by atoms with Crippen LogP contribution in [0.25, 0.3) is 0 Å². The summed E-state index contributed by atoms with van der Waals surface area (Å²) < 4.78 is 0. The molecule has 0 unspecified atom stereocenters. The Kier molecular flexibility index (Phi) is 1.02. The van der Waals surface area contributed by atoms with Gasteiger partial charge in [-0.3, -0.25) is 9.79 Å². The van der Waals surface area contributed by atoms with Crippen molar-refractivity contribution in [3.8, 4) is 0 Å². The summed E-state index contributed by atoms with van der Waals surface area (Å²) in [6.45, 7) is 0.274. The minimum absolute atomic E-state index is 0.0544. The van der Waals surface area contributed by atoms with Crippen molar-refractivity contribution >= 4 is 12.0 Å². The maximum absolute atomic E-state index is 10.2. The highest BCUT2D eigenvalue weighted by atomic mass is 16.1. The first-order chi connectivity index (χ1) is 3.39. The molecule has 35 valence electrons. The summed E-state index contributed by atoms with van der Waals surface area (Å²) in [5.74, 6) is 0.0544. The van der Waals surface area contributed by atoms with Gasteiger partial charge in [0.05, 0.1) is 6.21 Å². The minimum Gasteiger partial charge on any atom is -0.293 e. The van der Waals surface area contributed by atoms with E-state index in [9.17, 15) is 4.79 Å². The SMILES string of the molecule is O=C1C=C[C]=NC1. The van der Waals surface area contributed by atoms with Gasteiger partial charge in [-0.25, -0.2) is 0 Å². The van der Waals surface area contributed by atoms with Gasteiger partial charge in [0, 0.05) is 0 Å². The van der Waals surface area contributed by atoms with Crippen molar-refractivity contribution in [1.82, 2.24) is 0 Å². The number of carbonyl (C=O) groups excluding carboxylic acids is 1. The zero-order valence-corrected chi connectivity index (χ0v) is 3.72. The Morgan fingerprint density at radius 3 is 3.00 bits per heavy atom. The molecular weight excluding hydrogens is 90.1 g/mol. The van der Waals surface area contributed by atoms with Crippen molar-refractivity contribution in [3.63, 3.8) is 0 Å². The third-order valence-corrected chi connectivity index (χ3v) is 0.670. The molecule has 2 nitrogen and oxygen atoms in total. The van der Waals surface area contributed by atoms with Crippen molar-refractivity contribution in [3.05, 3.63) is 12.2 Å². The summed E-state index contributed by atoms with van der Waals surface area (Å²) in [7, 11) is 0. The van der Waals surface area contributed by atoms with Crippen LogP contribution < -0.4 is 0 Å². The van der Waals surface area contributed by atoms with E-state index in [2.05, 4.69) is 11.2 Å². The van der Waals surface area contributed by atoms with Crippen LogP contribution in [0.2, 0.25) is 0 Å². The number of nitrogens with zero attached hydrogens (tertiary/aromatic N) is 1. The second kappa shape index (κ2) is 1.69. The van der Waals surface area contributed by atoms with E-state index in [1.54, 1.807) is 0 Å². The number of dihydropyridines is 1. The van der Waals surface area contributed by atoms with E-state index < -0.39 is 0 Å². The van der Waals surface area contributed by atoms with Crippen molar-refractivity contribution in [2.75, 3.05) is 6.54 Å². The molecule has 0 aromatic heterocycles. The van der Waals surface area contributed by atoms with Gasteiger partial charge in [0.15, 0.2) is 5.78 Å². The van der Waals surface area contributed by atoms with Crippen LogP contribution in [0, 0.1) is 0 Å². The lowest BCUT2D eigenvalue weighted by atomic mass is 10.3. The normalized spacial score (nSPS) is 18.0. The van der Waals surface area contributed by atoms with Gasteiger partial charge in [0.1, 0.15) is 6.54 Å². The standard InChI is InChI=1S/C5H4NO/c7-5-2-1-3-6-4-5/h1-2H,4H2. The fourth-order valence-corrected chi connectivity index (χ4v) is 0.359. The topological polar surface area (TPSA) is 29.4 Å². The molecule has 7 heavy (non-hydrogen) atoms. The van der Waals surface area contributed by atoms with E-state index in [1.165, 1.54) is 12.2 Å². The van der Waals surface area contributed by atoms with Gasteiger partial charge in [-0.2, -0.15) is 0 Å². The summed E-state index contributed by atoms with van der Waals surface area (Å²) in [4.78, 5) is 13.8. The van der Waals surface area contributed by atoms with Gasteiger partial charge in [-0.1, -0.05) is 0 Å². The van der Waals surface area contributed by atoms with Gasteiger partial charge >= 0.3 is 0 Å². The molecule has 1 heterocycles. The zero-order valence-electron chi connectivity index (χ0n) is 3.72. The molecule has 0 fully saturated rings. The molecule has 0 saturated heterocycles. The molecule has 0 saturated carbocycles. The number of hydrogen-bond donors (Lipinski definition) is 0. The van der Waals surface area contributed by atoms with Gasteiger partial charge in [-0.05, 0) is 12.2 Å². The Morgan fingerprint density at radius 1 is 1.86 bits per heavy atom. The van der Waals surface area contributed by atoms with Crippen LogP contribution in [-0.4, -0.2) is 18.5 Å². The Hall–Kier alpha value is -0.920. The second-order valence-corrected chi connectivity index (χ2v) is 1.24. The molecule has 0 amide bonds. The Labute approximate surface area is 41.6 Å². The zero-order chi connectivity index (χ0) is 5.11. The van der Waals surface area contributed by atoms with Crippen LogP contribution in [0.4, 0.5) is 0 Å². The highest BCUT2D eigenvalue weighted by Gasteiger charge is 1.93. The monoisotopic (exact) mass is 94.0 g/mol. The number of carbonyl (C=O) groups is 1. The van der Waals surface area contributed by atoms with E-state index >= 15 is 0 Å². The number of aliphatic imine (C=N–C) groups is 1. The lowest BCUT2D eigenvalue weighted by molar-refractivity contribution is -0.113. The van der Waals surface area contributed by atoms with Crippen LogP contribution in [0.5, 0.6) is 0 Å². The molecule has 1 radical (unpaired) electrons. The molecule has 0 atom stereocenters. The second-order valence-electron chi connectivity index (χ2n) is 1.24. The van der Waals surface area contributed by atoms with Gasteiger partial charge in [0.2, 0.25) is 0 Å². The average Bonchev–Trinajstić information content (AvgIpc) is 1.69. The van der Waals surface area contributed by atoms with Gasteiger partial charge in [-0.15, -0.1) is 0 Å². The highest BCUT2D eigenvalue weighted by molar-refractivity contribution is 5.98. The first-order valence-electron chi connectivity index (χ1n) is 2.01. The van der Waals surface area contributed by atoms with Crippen molar-refractivity contribution in [2.24, 2.45) is 4.99 Å². The average molecular weight is 94.1 g/mol. The van der Waals surface area contributed by atoms with Crippen LogP contribution >= 0.6 is 0 Å². The Balaban J connectivity index is 2.66. The molecule has 0 aliphatic carbocycles. The third kappa shape index (κ3) is 0.961. The predicted molar refractivity (Wildman–Crippen MR) is 26.4 cm³/mol. The van der Waals surface area contributed by atoms with Crippen LogP contribution in [0.15, 0.2) is 17.1 Å². The molecule has 1 aliphatic heterocycles. The molecule has 0 N–H and O–H groups in total. The van der Waals surface area contributed by atoms with Crippen molar-refractivity contribution in [2.45, 2.75) is 0 Å². The first-order valence-corrected chi connectivity index (χ1v) is 2.01. The Morgan fingerprint density at radius 2 is 2.71 bits per heavy atom. The fourth-order valence-electron chi connectivity index (χ4n) is 0.359. The first kappa shape index (κ1) is 4.24. The summed E-state index contributed by atoms with van der Waals surface area (Å²) in [5, 5.41) is 0. The maximum atomic E-state index is 10.2. The highest BCUT2D eigenvalue weighted by Crippen LogP contribution is 1.82. The molecule has 0 bridgehead atoms. The number of rotatable bonds is 0. The van der Waals surface area contributed by atoms with E-state index in [0.717, 1.165) is 0 Å². The van der Waals surface area contributed by atoms with Gasteiger partial charge in [0.25, 0.3) is 0 Å². The molecular formula is C5H4NO. The quantitative estimate of drug-likeness (QED) is 0.417. The van der Waals surface area contributed by atoms with Crippen molar-refractivity contribution in [1.29, 1.82) is 0 Å². The summed E-state index contributed by atoms with van der Waals surface area (Å²) in [5.41, 5.74) is 0. The number of hydrogen-bond acceptors (Lipinski definition) is 2. The minimum atomic E-state index is 0.0544. The van der Waals surface area contributed by atoms with Crippen LogP contribution in [-0.2, 0) is 4.79 Å². The van der Waals surface area contributed by atoms with E-state index in [0.29, 0.717) is 0 Å². The summed E-state index contributed by atoms with van der Waals surface area (Å²) >= 11 is 0. The Bertz CT molecular complexity index is 135. The van der Waals surface area contributed by atoms with E-state index in [4.69, 9.17) is 0 Å². The van der Waals surface area contributed by atoms with E-state index in [1.807, 2.05) is 0 Å². The molecule has 1 rings (SSSR count). The number of ketones is 1. The summed E-state index contributed by atoms with van der Waals surface area (Å²) in [6, 6.07) is 0. The molecule has 1 aliphatic rings. The molecule has 2 heteroatoms. The number of allylic oxidation sites excluding steroid dienone is 1. The fraction of sp³-hybridized carbons (Fsp3) is 0.200. The smallest absolute Gasteiger partial charge is 0.177 e.